The van der Waals surface area contributed by atoms with Gasteiger partial charge in [0.05, 0.1) is 5.92 Å². The van der Waals surface area contributed by atoms with Gasteiger partial charge in [0.15, 0.2) is 5.78 Å². The number of allylic oxidation sites excluding steroid dienone is 2. The lowest BCUT2D eigenvalue weighted by molar-refractivity contribution is -0.519. The zero-order valence-electron chi connectivity index (χ0n) is 21.6. The first kappa shape index (κ1) is 27.2. The van der Waals surface area contributed by atoms with E-state index in [-0.39, 0.29) is 11.3 Å². The predicted octanol–water partition coefficient (Wildman–Crippen LogP) is 1.44. The average molecular weight is 497 g/mol. The molecular formula is C27H44O8. The van der Waals surface area contributed by atoms with Crippen molar-refractivity contribution in [1.29, 1.82) is 0 Å². The van der Waals surface area contributed by atoms with Crippen molar-refractivity contribution >= 4 is 5.78 Å². The summed E-state index contributed by atoms with van der Waals surface area (Å²) in [6, 6.07) is 0. The molecule has 4 rings (SSSR count). The summed E-state index contributed by atoms with van der Waals surface area (Å²) in [5.41, 5.74) is -1.25. The molecule has 35 heavy (non-hydrogen) atoms. The minimum atomic E-state index is -3.88. The van der Waals surface area contributed by atoms with E-state index in [0.717, 1.165) is 31.3 Å². The quantitative estimate of drug-likeness (QED) is 0.282. The van der Waals surface area contributed by atoms with E-state index >= 15 is 0 Å². The van der Waals surface area contributed by atoms with Crippen molar-refractivity contribution < 1.29 is 40.5 Å². The molecule has 8 nitrogen and oxygen atoms in total. The van der Waals surface area contributed by atoms with Crippen molar-refractivity contribution in [3.63, 3.8) is 0 Å². The molecule has 3 saturated carbocycles. The third kappa shape index (κ3) is 3.40. The Balaban J connectivity index is 1.71. The normalized spacial score (nSPS) is 44.3. The molecule has 0 radical (unpaired) electrons. The zero-order valence-corrected chi connectivity index (χ0v) is 21.6. The fourth-order valence-electron chi connectivity index (χ4n) is 8.65. The summed E-state index contributed by atoms with van der Waals surface area (Å²) in [6.45, 7) is 10.4. The van der Waals surface area contributed by atoms with Crippen molar-refractivity contribution in [3.8, 4) is 0 Å². The highest BCUT2D eigenvalue weighted by Gasteiger charge is 2.81. The molecule has 4 aliphatic carbocycles. The first-order valence-electron chi connectivity index (χ1n) is 13.2. The highest BCUT2D eigenvalue weighted by molar-refractivity contribution is 5.95. The van der Waals surface area contributed by atoms with Crippen LogP contribution in [0.25, 0.3) is 0 Å². The van der Waals surface area contributed by atoms with Crippen molar-refractivity contribution in [2.24, 2.45) is 46.3 Å². The van der Waals surface area contributed by atoms with Gasteiger partial charge in [-0.3, -0.25) is 4.79 Å². The molecule has 0 amide bonds. The van der Waals surface area contributed by atoms with Gasteiger partial charge in [-0.2, -0.15) is 0 Å². The van der Waals surface area contributed by atoms with E-state index in [1.165, 1.54) is 25.8 Å². The molecule has 8 atom stereocenters. The van der Waals surface area contributed by atoms with E-state index < -0.39 is 46.5 Å². The molecule has 0 heterocycles. The summed E-state index contributed by atoms with van der Waals surface area (Å²) >= 11 is 0. The van der Waals surface area contributed by atoms with Gasteiger partial charge >= 0.3 is 0 Å². The maximum atomic E-state index is 13.4. The number of ketones is 1. The van der Waals surface area contributed by atoms with Crippen LogP contribution in [0.15, 0.2) is 11.6 Å². The molecule has 2 unspecified atom stereocenters. The number of aliphatic hydroxyl groups is 7. The summed E-state index contributed by atoms with van der Waals surface area (Å²) in [6.07, 6.45) is 5.74. The standard InChI is InChI=1S/C27H44O8/c1-14(2)7-6-8-15(3)17-9-10-18-16-13-20(28)21-22(29)25(30,31)27(34,35)26(32,33)24(21,5)19(16)11-12-23(17,18)4/h13-15,17-19,21-22,29-35H,6-12H2,1-5H3/t15-,17-,18+,19+,21?,22?,23-,24-/m1/s1. The topological polar surface area (TPSA) is 159 Å². The summed E-state index contributed by atoms with van der Waals surface area (Å²) in [5, 5.41) is 74.5. The highest BCUT2D eigenvalue weighted by Crippen LogP contribution is 2.69. The lowest BCUT2D eigenvalue weighted by Crippen LogP contribution is -2.85. The highest BCUT2D eigenvalue weighted by atomic mass is 16.7. The smallest absolute Gasteiger partial charge is 0.277 e. The molecular weight excluding hydrogens is 452 g/mol. The Hall–Kier alpha value is -0.870. The van der Waals surface area contributed by atoms with Crippen LogP contribution >= 0.6 is 0 Å². The van der Waals surface area contributed by atoms with E-state index in [9.17, 15) is 40.5 Å². The summed E-state index contributed by atoms with van der Waals surface area (Å²) in [4.78, 5) is 13.4. The SMILES string of the molecule is CC(C)CCC[C@@H](C)[C@H]1CC[C@H]2C3=CC(=O)C4C(O)C(O)(O)C(O)(O)C(O)(O)[C@]4(C)[C@H]3CC[C@]12C. The van der Waals surface area contributed by atoms with Crippen molar-refractivity contribution in [2.75, 3.05) is 0 Å². The third-order valence-corrected chi connectivity index (χ3v) is 10.8. The maximum Gasteiger partial charge on any atom is 0.277 e. The Morgan fingerprint density at radius 3 is 2.14 bits per heavy atom. The van der Waals surface area contributed by atoms with Gasteiger partial charge < -0.3 is 35.7 Å². The van der Waals surface area contributed by atoms with E-state index in [1.54, 1.807) is 0 Å². The zero-order chi connectivity index (χ0) is 26.4. The van der Waals surface area contributed by atoms with Crippen LogP contribution in [0.4, 0.5) is 0 Å². The Bertz CT molecular complexity index is 892. The summed E-state index contributed by atoms with van der Waals surface area (Å²) in [5.74, 6) is -12.3. The number of hydrogen-bond donors (Lipinski definition) is 7. The molecule has 4 aliphatic rings. The average Bonchev–Trinajstić information content (AvgIpc) is 3.09. The Morgan fingerprint density at radius 1 is 0.914 bits per heavy atom. The molecule has 0 bridgehead atoms. The second-order valence-corrected chi connectivity index (χ2v) is 13.0. The molecule has 200 valence electrons. The fraction of sp³-hybridized carbons (Fsp3) is 0.889. The van der Waals surface area contributed by atoms with E-state index in [4.69, 9.17) is 0 Å². The molecule has 0 spiro atoms. The lowest BCUT2D eigenvalue weighted by Gasteiger charge is -2.65. The monoisotopic (exact) mass is 496 g/mol. The van der Waals surface area contributed by atoms with Gasteiger partial charge in [-0.15, -0.1) is 0 Å². The van der Waals surface area contributed by atoms with Crippen LogP contribution < -0.4 is 0 Å². The Morgan fingerprint density at radius 2 is 1.54 bits per heavy atom. The van der Waals surface area contributed by atoms with Crippen LogP contribution in [0.3, 0.4) is 0 Å². The summed E-state index contributed by atoms with van der Waals surface area (Å²) in [7, 11) is 0. The van der Waals surface area contributed by atoms with Gasteiger partial charge in [0.2, 0.25) is 5.79 Å². The molecule has 0 aromatic carbocycles. The van der Waals surface area contributed by atoms with Gasteiger partial charge in [-0.1, -0.05) is 59.5 Å². The van der Waals surface area contributed by atoms with Gasteiger partial charge in [0.25, 0.3) is 11.6 Å². The van der Waals surface area contributed by atoms with Crippen LogP contribution in [-0.2, 0) is 4.79 Å². The van der Waals surface area contributed by atoms with Crippen LogP contribution in [0.5, 0.6) is 0 Å². The fourth-order valence-corrected chi connectivity index (χ4v) is 8.65. The van der Waals surface area contributed by atoms with E-state index in [2.05, 4.69) is 27.7 Å². The summed E-state index contributed by atoms with van der Waals surface area (Å²) < 4.78 is 0. The number of carbonyl (C=O) groups excluding carboxylic acids is 1. The number of hydrogen-bond acceptors (Lipinski definition) is 8. The van der Waals surface area contributed by atoms with Crippen LogP contribution in [0.2, 0.25) is 0 Å². The molecule has 0 aliphatic heterocycles. The number of carbonyl (C=O) groups is 1. The number of rotatable bonds is 5. The molecule has 0 aromatic rings. The first-order chi connectivity index (χ1) is 16.0. The largest absolute Gasteiger partial charge is 0.386 e. The molecule has 8 heteroatoms. The van der Waals surface area contributed by atoms with Crippen LogP contribution in [-0.4, -0.2) is 65.0 Å². The van der Waals surface area contributed by atoms with Crippen LogP contribution in [0, 0.1) is 46.3 Å². The molecule has 3 fully saturated rings. The Labute approximate surface area is 207 Å². The van der Waals surface area contributed by atoms with Crippen molar-refractivity contribution in [1.82, 2.24) is 0 Å². The Kier molecular flexibility index (Phi) is 6.46. The molecule has 0 saturated heterocycles. The van der Waals surface area contributed by atoms with Gasteiger partial charge in [0, 0.05) is 5.41 Å². The van der Waals surface area contributed by atoms with E-state index in [0.29, 0.717) is 24.2 Å². The minimum Gasteiger partial charge on any atom is -0.386 e. The minimum absolute atomic E-state index is 0.0233. The number of fused-ring (bicyclic) bond motifs is 5. The second-order valence-electron chi connectivity index (χ2n) is 13.0. The molecule has 0 aromatic heterocycles. The maximum absolute atomic E-state index is 13.4. The first-order valence-corrected chi connectivity index (χ1v) is 13.2. The molecule has 7 N–H and O–H groups in total. The number of aliphatic hydroxyl groups excluding tert-OH is 1. The second kappa shape index (κ2) is 8.32. The predicted molar refractivity (Wildman–Crippen MR) is 127 cm³/mol. The van der Waals surface area contributed by atoms with Gasteiger partial charge in [-0.05, 0) is 66.8 Å². The third-order valence-electron chi connectivity index (χ3n) is 10.8. The van der Waals surface area contributed by atoms with Crippen LogP contribution in [0.1, 0.15) is 79.6 Å². The van der Waals surface area contributed by atoms with E-state index in [1.807, 2.05) is 0 Å². The van der Waals surface area contributed by atoms with Crippen molar-refractivity contribution in [2.45, 2.75) is 103 Å². The van der Waals surface area contributed by atoms with Crippen molar-refractivity contribution in [3.05, 3.63) is 11.6 Å². The van der Waals surface area contributed by atoms with Gasteiger partial charge in [-0.25, -0.2) is 0 Å². The van der Waals surface area contributed by atoms with Gasteiger partial charge in [0.1, 0.15) is 6.10 Å². The lowest BCUT2D eigenvalue weighted by atomic mass is 9.44.